The van der Waals surface area contributed by atoms with E-state index >= 15 is 0 Å². The van der Waals surface area contributed by atoms with E-state index in [1.807, 2.05) is 0 Å². The lowest BCUT2D eigenvalue weighted by atomic mass is 10.1. The summed E-state index contributed by atoms with van der Waals surface area (Å²) < 4.78 is 1.22. The normalized spacial score (nSPS) is 10.3. The molecule has 82 valence electrons. The number of hydrogen-bond acceptors (Lipinski definition) is 4. The van der Waals surface area contributed by atoms with Crippen LogP contribution in [0, 0.1) is 0 Å². The molecule has 1 heterocycles. The number of nitrogen functional groups attached to an aromatic ring is 1. The van der Waals surface area contributed by atoms with Crippen molar-refractivity contribution >= 4 is 23.5 Å². The van der Waals surface area contributed by atoms with Gasteiger partial charge in [0.15, 0.2) is 0 Å². The fraction of sp³-hybridized carbons (Fsp3) is 0.100. The highest BCUT2D eigenvalue weighted by Gasteiger charge is 2.09. The Kier molecular flexibility index (Phi) is 2.87. The minimum absolute atomic E-state index is 0.0963. The van der Waals surface area contributed by atoms with Crippen LogP contribution in [0.15, 0.2) is 30.6 Å². The van der Waals surface area contributed by atoms with Gasteiger partial charge < -0.3 is 5.73 Å². The third-order valence-electron chi connectivity index (χ3n) is 2.11. The zero-order valence-electron chi connectivity index (χ0n) is 8.30. The first-order valence-corrected chi connectivity index (χ1v) is 4.98. The quantitative estimate of drug-likeness (QED) is 0.855. The van der Waals surface area contributed by atoms with Crippen molar-refractivity contribution in [1.82, 2.24) is 14.8 Å². The molecule has 0 spiro atoms. The van der Waals surface area contributed by atoms with Crippen LogP contribution in [0.25, 0.3) is 0 Å². The van der Waals surface area contributed by atoms with Crippen molar-refractivity contribution in [2.75, 3.05) is 5.73 Å². The van der Waals surface area contributed by atoms with Crippen LogP contribution < -0.4 is 5.73 Å². The van der Waals surface area contributed by atoms with Crippen molar-refractivity contribution in [2.24, 2.45) is 0 Å². The van der Waals surface area contributed by atoms with E-state index in [-0.39, 0.29) is 18.3 Å². The van der Waals surface area contributed by atoms with Crippen molar-refractivity contribution < 1.29 is 4.79 Å². The van der Waals surface area contributed by atoms with Gasteiger partial charge in [-0.15, -0.1) is 10.2 Å². The lowest BCUT2D eigenvalue weighted by molar-refractivity contribution is 0.0916. The third-order valence-corrected chi connectivity index (χ3v) is 2.36. The van der Waals surface area contributed by atoms with Crippen molar-refractivity contribution in [3.63, 3.8) is 0 Å². The summed E-state index contributed by atoms with van der Waals surface area (Å²) in [7, 11) is 0. The first kappa shape index (κ1) is 10.6. The minimum Gasteiger partial charge on any atom is -0.368 e. The van der Waals surface area contributed by atoms with E-state index in [1.54, 1.807) is 24.3 Å². The van der Waals surface area contributed by atoms with Crippen LogP contribution in [0.1, 0.15) is 10.4 Å². The molecule has 2 N–H and O–H groups in total. The van der Waals surface area contributed by atoms with Crippen molar-refractivity contribution in [3.8, 4) is 0 Å². The molecule has 6 heteroatoms. The number of benzene rings is 1. The van der Waals surface area contributed by atoms with Gasteiger partial charge in [0.05, 0.1) is 6.42 Å². The Labute approximate surface area is 96.8 Å². The van der Waals surface area contributed by atoms with Crippen LogP contribution in [-0.2, 0) is 6.42 Å². The molecule has 0 atom stereocenters. The van der Waals surface area contributed by atoms with Crippen LogP contribution in [0.3, 0.4) is 0 Å². The first-order chi connectivity index (χ1) is 7.66. The number of carbonyl (C=O) groups excluding carboxylic acids is 1. The Morgan fingerprint density at radius 3 is 2.62 bits per heavy atom. The minimum atomic E-state index is -0.176. The van der Waals surface area contributed by atoms with Gasteiger partial charge in [0.2, 0.25) is 11.9 Å². The smallest absolute Gasteiger partial charge is 0.239 e. The standard InChI is InChI=1S/C10H9ClN4O/c11-8-3-1-7(2-4-8)5-9(16)15-6-13-14-10(15)12/h1-4,6H,5H2,(H2,12,14). The van der Waals surface area contributed by atoms with Gasteiger partial charge in [-0.2, -0.15) is 0 Å². The number of hydrogen-bond donors (Lipinski definition) is 1. The van der Waals surface area contributed by atoms with Gasteiger partial charge in [0.25, 0.3) is 0 Å². The zero-order valence-corrected chi connectivity index (χ0v) is 9.05. The van der Waals surface area contributed by atoms with E-state index in [2.05, 4.69) is 10.2 Å². The number of nitrogens with zero attached hydrogens (tertiary/aromatic N) is 3. The molecule has 0 radical (unpaired) electrons. The van der Waals surface area contributed by atoms with E-state index in [1.165, 1.54) is 10.9 Å². The average molecular weight is 237 g/mol. The van der Waals surface area contributed by atoms with Crippen molar-refractivity contribution in [2.45, 2.75) is 6.42 Å². The second-order valence-electron chi connectivity index (χ2n) is 3.26. The van der Waals surface area contributed by atoms with Gasteiger partial charge in [-0.3, -0.25) is 4.79 Å². The van der Waals surface area contributed by atoms with Crippen LogP contribution in [-0.4, -0.2) is 20.7 Å². The number of aromatic nitrogens is 3. The summed E-state index contributed by atoms with van der Waals surface area (Å²) in [5.41, 5.74) is 6.33. The highest BCUT2D eigenvalue weighted by molar-refractivity contribution is 6.30. The van der Waals surface area contributed by atoms with Gasteiger partial charge in [-0.05, 0) is 17.7 Å². The van der Waals surface area contributed by atoms with E-state index < -0.39 is 0 Å². The molecule has 5 nitrogen and oxygen atoms in total. The van der Waals surface area contributed by atoms with Crippen LogP contribution >= 0.6 is 11.6 Å². The lowest BCUT2D eigenvalue weighted by Gasteiger charge is -2.02. The van der Waals surface area contributed by atoms with Crippen molar-refractivity contribution in [3.05, 3.63) is 41.2 Å². The molecule has 0 bridgehead atoms. The summed E-state index contributed by atoms with van der Waals surface area (Å²) in [6, 6.07) is 7.06. The summed E-state index contributed by atoms with van der Waals surface area (Å²) in [4.78, 5) is 11.8. The predicted octanol–water partition coefficient (Wildman–Crippen LogP) is 1.40. The largest absolute Gasteiger partial charge is 0.368 e. The molecule has 0 unspecified atom stereocenters. The molecule has 0 saturated carbocycles. The molecule has 0 saturated heterocycles. The molecule has 2 aromatic rings. The number of anilines is 1. The van der Waals surface area contributed by atoms with Crippen LogP contribution in [0.5, 0.6) is 0 Å². The maximum Gasteiger partial charge on any atom is 0.239 e. The fourth-order valence-corrected chi connectivity index (χ4v) is 1.42. The van der Waals surface area contributed by atoms with E-state index in [0.29, 0.717) is 5.02 Å². The summed E-state index contributed by atoms with van der Waals surface area (Å²) in [6.07, 6.45) is 1.53. The second-order valence-corrected chi connectivity index (χ2v) is 3.69. The molecule has 0 aliphatic rings. The Balaban J connectivity index is 2.14. The van der Waals surface area contributed by atoms with Gasteiger partial charge in [-0.1, -0.05) is 23.7 Å². The van der Waals surface area contributed by atoms with E-state index in [9.17, 15) is 4.79 Å². The molecule has 16 heavy (non-hydrogen) atoms. The Hall–Kier alpha value is -1.88. The molecule has 2 rings (SSSR count). The molecular formula is C10H9ClN4O. The summed E-state index contributed by atoms with van der Waals surface area (Å²) in [6.45, 7) is 0. The molecule has 0 amide bonds. The topological polar surface area (TPSA) is 73.8 Å². The average Bonchev–Trinajstić information content (AvgIpc) is 2.68. The Morgan fingerprint density at radius 2 is 2.06 bits per heavy atom. The number of nitrogens with two attached hydrogens (primary N) is 1. The molecular weight excluding hydrogens is 228 g/mol. The van der Waals surface area contributed by atoms with Crippen molar-refractivity contribution in [1.29, 1.82) is 0 Å². The van der Waals surface area contributed by atoms with Gasteiger partial charge in [0, 0.05) is 5.02 Å². The summed E-state index contributed by atoms with van der Waals surface area (Å²) in [5, 5.41) is 7.73. The number of halogens is 1. The fourth-order valence-electron chi connectivity index (χ4n) is 1.30. The maximum atomic E-state index is 11.8. The van der Waals surface area contributed by atoms with Crippen LogP contribution in [0.2, 0.25) is 5.02 Å². The molecule has 1 aromatic carbocycles. The van der Waals surface area contributed by atoms with Gasteiger partial charge in [0.1, 0.15) is 6.33 Å². The van der Waals surface area contributed by atoms with E-state index in [0.717, 1.165) is 5.56 Å². The Morgan fingerprint density at radius 1 is 1.38 bits per heavy atom. The van der Waals surface area contributed by atoms with Gasteiger partial charge in [-0.25, -0.2) is 4.57 Å². The summed E-state index contributed by atoms with van der Waals surface area (Å²) in [5.74, 6) is -0.0798. The molecule has 0 aliphatic heterocycles. The first-order valence-electron chi connectivity index (χ1n) is 4.60. The lowest BCUT2D eigenvalue weighted by Crippen LogP contribution is -2.15. The zero-order chi connectivity index (χ0) is 11.5. The Bertz CT molecular complexity index is 506. The number of carbonyl (C=O) groups is 1. The van der Waals surface area contributed by atoms with E-state index in [4.69, 9.17) is 17.3 Å². The highest BCUT2D eigenvalue weighted by atomic mass is 35.5. The third kappa shape index (κ3) is 2.20. The molecule has 0 fully saturated rings. The number of rotatable bonds is 2. The van der Waals surface area contributed by atoms with Gasteiger partial charge >= 0.3 is 0 Å². The summed E-state index contributed by atoms with van der Waals surface area (Å²) >= 11 is 5.74. The monoisotopic (exact) mass is 236 g/mol. The SMILES string of the molecule is Nc1nncn1C(=O)Cc1ccc(Cl)cc1. The highest BCUT2D eigenvalue weighted by Crippen LogP contribution is 2.11. The second kappa shape index (κ2) is 4.32. The molecule has 0 aliphatic carbocycles. The molecule has 1 aromatic heterocycles. The predicted molar refractivity (Wildman–Crippen MR) is 60.2 cm³/mol. The van der Waals surface area contributed by atoms with Crippen LogP contribution in [0.4, 0.5) is 5.95 Å². The maximum absolute atomic E-state index is 11.8.